The molecule has 0 unspecified atom stereocenters. The van der Waals surface area contributed by atoms with Crippen LogP contribution in [0.3, 0.4) is 0 Å². The minimum Gasteiger partial charge on any atom is -0.347 e. The fraction of sp³-hybridized carbons (Fsp3) is 0.375. The summed E-state index contributed by atoms with van der Waals surface area (Å²) in [6.07, 6.45) is 0. The molecule has 0 saturated heterocycles. The second kappa shape index (κ2) is 4.60. The van der Waals surface area contributed by atoms with Gasteiger partial charge in [-0.1, -0.05) is 6.07 Å². The molecular formula is C8H11ClN2OS. The van der Waals surface area contributed by atoms with Gasteiger partial charge in [0.05, 0.1) is 0 Å². The zero-order valence-corrected chi connectivity index (χ0v) is 9.02. The van der Waals surface area contributed by atoms with Crippen LogP contribution in [0.1, 0.15) is 10.9 Å². The van der Waals surface area contributed by atoms with Crippen LogP contribution >= 0.6 is 23.1 Å². The van der Waals surface area contributed by atoms with Crippen LogP contribution in [0.4, 0.5) is 0 Å². The van der Waals surface area contributed by atoms with Crippen molar-refractivity contribution in [2.45, 2.75) is 6.04 Å². The maximum atomic E-state index is 11.6. The van der Waals surface area contributed by atoms with Crippen LogP contribution in [0.2, 0.25) is 0 Å². The van der Waals surface area contributed by atoms with E-state index in [1.54, 1.807) is 14.1 Å². The van der Waals surface area contributed by atoms with Gasteiger partial charge in [-0.15, -0.1) is 11.3 Å². The summed E-state index contributed by atoms with van der Waals surface area (Å²) in [4.78, 5) is 16.5. The van der Waals surface area contributed by atoms with Crippen LogP contribution in [0.5, 0.6) is 0 Å². The van der Waals surface area contributed by atoms with Crippen molar-refractivity contribution in [3.8, 4) is 0 Å². The maximum Gasteiger partial charge on any atom is 0.245 e. The smallest absolute Gasteiger partial charge is 0.245 e. The van der Waals surface area contributed by atoms with Crippen LogP contribution < -0.4 is 4.84 Å². The van der Waals surface area contributed by atoms with Crippen molar-refractivity contribution < 1.29 is 4.79 Å². The molecule has 0 bridgehead atoms. The van der Waals surface area contributed by atoms with Crippen LogP contribution in [0, 0.1) is 0 Å². The average Bonchev–Trinajstić information content (AvgIpc) is 2.58. The van der Waals surface area contributed by atoms with Crippen molar-refractivity contribution in [2.24, 2.45) is 0 Å². The Bertz CT molecular complexity index is 274. The van der Waals surface area contributed by atoms with E-state index in [1.165, 1.54) is 16.2 Å². The molecule has 72 valence electrons. The number of halogens is 1. The molecule has 1 aromatic heterocycles. The van der Waals surface area contributed by atoms with E-state index in [0.29, 0.717) is 0 Å². The van der Waals surface area contributed by atoms with E-state index >= 15 is 0 Å². The van der Waals surface area contributed by atoms with Crippen molar-refractivity contribution in [2.75, 3.05) is 14.1 Å². The van der Waals surface area contributed by atoms with E-state index < -0.39 is 6.04 Å². The van der Waals surface area contributed by atoms with Gasteiger partial charge in [0.25, 0.3) is 0 Å². The number of thiophene rings is 1. The first-order valence-corrected chi connectivity index (χ1v) is 5.03. The van der Waals surface area contributed by atoms with E-state index in [9.17, 15) is 4.79 Å². The van der Waals surface area contributed by atoms with Gasteiger partial charge in [-0.25, -0.2) is 4.84 Å². The summed E-state index contributed by atoms with van der Waals surface area (Å²) in [5.74, 6) is -0.0440. The minimum atomic E-state index is -0.434. The molecule has 0 spiro atoms. The van der Waals surface area contributed by atoms with Gasteiger partial charge < -0.3 is 4.90 Å². The number of nitrogens with zero attached hydrogens (tertiary/aromatic N) is 1. The summed E-state index contributed by atoms with van der Waals surface area (Å²) in [6, 6.07) is 3.34. The van der Waals surface area contributed by atoms with Gasteiger partial charge in [-0.3, -0.25) is 4.79 Å². The lowest BCUT2D eigenvalue weighted by atomic mass is 10.2. The number of nitrogens with one attached hydrogen (secondary N) is 1. The molecule has 1 N–H and O–H groups in total. The van der Waals surface area contributed by atoms with Crippen LogP contribution in [0.15, 0.2) is 17.5 Å². The Morgan fingerprint density at radius 3 is 2.77 bits per heavy atom. The Morgan fingerprint density at radius 2 is 2.38 bits per heavy atom. The molecule has 13 heavy (non-hydrogen) atoms. The van der Waals surface area contributed by atoms with Gasteiger partial charge >= 0.3 is 0 Å². The molecule has 0 aliphatic carbocycles. The average molecular weight is 219 g/mol. The lowest BCUT2D eigenvalue weighted by Crippen LogP contribution is -2.32. The number of hydrogen-bond acceptors (Lipinski definition) is 3. The van der Waals surface area contributed by atoms with Gasteiger partial charge in [-0.05, 0) is 23.2 Å². The summed E-state index contributed by atoms with van der Waals surface area (Å²) in [6.45, 7) is 0. The van der Waals surface area contributed by atoms with Crippen LogP contribution in [0.25, 0.3) is 0 Å². The predicted molar refractivity (Wildman–Crippen MR) is 54.7 cm³/mol. The van der Waals surface area contributed by atoms with E-state index in [0.717, 1.165) is 4.88 Å². The monoisotopic (exact) mass is 218 g/mol. The molecule has 0 fully saturated rings. The van der Waals surface area contributed by atoms with Crippen molar-refractivity contribution in [3.63, 3.8) is 0 Å². The summed E-state index contributed by atoms with van der Waals surface area (Å²) in [7, 11) is 3.41. The minimum absolute atomic E-state index is 0.0440. The van der Waals surface area contributed by atoms with E-state index in [-0.39, 0.29) is 5.91 Å². The molecular weight excluding hydrogens is 208 g/mol. The number of likely N-dealkylation sites (N-methyl/N-ethyl adjacent to an activating group) is 1. The first-order valence-electron chi connectivity index (χ1n) is 3.77. The number of hydrogen-bond donors (Lipinski definition) is 1. The quantitative estimate of drug-likeness (QED) is 0.783. The zero-order valence-electron chi connectivity index (χ0n) is 7.45. The number of rotatable bonds is 3. The zero-order chi connectivity index (χ0) is 9.84. The Hall–Kier alpha value is -0.580. The molecule has 0 aliphatic heterocycles. The second-order valence-electron chi connectivity index (χ2n) is 2.79. The first-order chi connectivity index (χ1) is 6.16. The molecule has 0 radical (unpaired) electrons. The molecule has 1 atom stereocenters. The van der Waals surface area contributed by atoms with E-state index in [1.807, 2.05) is 17.5 Å². The highest BCUT2D eigenvalue weighted by Gasteiger charge is 2.21. The number of carbonyl (C=O) groups is 1. The van der Waals surface area contributed by atoms with Crippen molar-refractivity contribution in [1.29, 1.82) is 0 Å². The summed E-state index contributed by atoms with van der Waals surface area (Å²) in [5, 5.41) is 1.92. The normalized spacial score (nSPS) is 12.5. The Kier molecular flexibility index (Phi) is 3.71. The molecule has 1 aromatic rings. The van der Waals surface area contributed by atoms with Gasteiger partial charge in [-0.2, -0.15) is 0 Å². The highest BCUT2D eigenvalue weighted by molar-refractivity contribution is 7.10. The van der Waals surface area contributed by atoms with E-state index in [4.69, 9.17) is 11.8 Å². The molecule has 1 heterocycles. The lowest BCUT2D eigenvalue weighted by molar-refractivity contribution is -0.130. The molecule has 1 rings (SSSR count). The largest absolute Gasteiger partial charge is 0.347 e. The first kappa shape index (κ1) is 10.5. The highest BCUT2D eigenvalue weighted by atomic mass is 35.5. The molecule has 0 aromatic carbocycles. The standard InChI is InChI=1S/C8H11ClN2OS/c1-11(2)8(12)7(10-9)6-4-3-5-13-6/h3-5,7,10H,1-2H3/t7-/m0/s1. The number of amides is 1. The third-order valence-corrected chi connectivity index (χ3v) is 2.78. The lowest BCUT2D eigenvalue weighted by Gasteiger charge is -2.17. The molecule has 0 aliphatic rings. The topological polar surface area (TPSA) is 32.3 Å². The SMILES string of the molecule is CN(C)C(=O)[C@@H](NCl)c1cccs1. The highest BCUT2D eigenvalue weighted by Crippen LogP contribution is 2.20. The predicted octanol–water partition coefficient (Wildman–Crippen LogP) is 1.62. The van der Waals surface area contributed by atoms with Gasteiger partial charge in [0, 0.05) is 19.0 Å². The van der Waals surface area contributed by atoms with E-state index in [2.05, 4.69) is 4.84 Å². The third-order valence-electron chi connectivity index (χ3n) is 1.62. The summed E-state index contributed by atoms with van der Waals surface area (Å²) >= 11 is 7.01. The van der Waals surface area contributed by atoms with Gasteiger partial charge in [0.2, 0.25) is 5.91 Å². The fourth-order valence-electron chi connectivity index (χ4n) is 0.936. The Labute approximate surface area is 86.4 Å². The Morgan fingerprint density at radius 1 is 1.69 bits per heavy atom. The molecule has 5 heteroatoms. The summed E-state index contributed by atoms with van der Waals surface area (Å²) in [5.41, 5.74) is 0. The third kappa shape index (κ3) is 2.43. The van der Waals surface area contributed by atoms with Gasteiger partial charge in [0.1, 0.15) is 6.04 Å². The second-order valence-corrected chi connectivity index (χ2v) is 3.99. The molecule has 0 saturated carbocycles. The fourth-order valence-corrected chi connectivity index (χ4v) is 1.98. The summed E-state index contributed by atoms with van der Waals surface area (Å²) < 4.78 is 0. The van der Waals surface area contributed by atoms with Crippen molar-refractivity contribution >= 4 is 29.0 Å². The molecule has 3 nitrogen and oxygen atoms in total. The Balaban J connectivity index is 2.80. The van der Waals surface area contributed by atoms with Crippen molar-refractivity contribution in [1.82, 2.24) is 9.74 Å². The van der Waals surface area contributed by atoms with Crippen molar-refractivity contribution in [3.05, 3.63) is 22.4 Å². The maximum absolute atomic E-state index is 11.6. The van der Waals surface area contributed by atoms with Crippen LogP contribution in [-0.2, 0) is 4.79 Å². The molecule has 1 amide bonds. The van der Waals surface area contributed by atoms with Gasteiger partial charge in [0.15, 0.2) is 0 Å². The van der Waals surface area contributed by atoms with Crippen LogP contribution in [-0.4, -0.2) is 24.9 Å². The number of carbonyl (C=O) groups excluding carboxylic acids is 1.